The number of aryl methyl sites for hydroxylation is 1. The zero-order valence-electron chi connectivity index (χ0n) is 12.1. The molecule has 20 heavy (non-hydrogen) atoms. The molecule has 0 saturated heterocycles. The van der Waals surface area contributed by atoms with Crippen LogP contribution in [0, 0.1) is 6.92 Å². The Labute approximate surface area is 129 Å². The van der Waals surface area contributed by atoms with Crippen molar-refractivity contribution in [2.45, 2.75) is 50.3 Å². The standard InChI is InChI=1S/C16H21ClN2S/c1-3-20-14-9-5-7-12(14)19-13-8-4-6-11(2)16(13)18-15(19)10-17/h4,6,8,12,14H,3,5,7,9-10H2,1-2H3. The molecule has 4 heteroatoms. The van der Waals surface area contributed by atoms with Gasteiger partial charge in [0, 0.05) is 11.3 Å². The zero-order chi connectivity index (χ0) is 14.1. The molecule has 2 unspecified atom stereocenters. The maximum absolute atomic E-state index is 6.17. The number of halogens is 1. The monoisotopic (exact) mass is 308 g/mol. The first-order valence-electron chi connectivity index (χ1n) is 7.40. The lowest BCUT2D eigenvalue weighted by Crippen LogP contribution is -2.18. The Balaban J connectivity index is 2.12. The minimum absolute atomic E-state index is 0.494. The fourth-order valence-electron chi connectivity index (χ4n) is 3.38. The van der Waals surface area contributed by atoms with Gasteiger partial charge in [0.05, 0.1) is 16.9 Å². The summed E-state index contributed by atoms with van der Waals surface area (Å²) in [6.45, 7) is 4.38. The van der Waals surface area contributed by atoms with Gasteiger partial charge in [-0.15, -0.1) is 11.6 Å². The second-order valence-corrected chi connectivity index (χ2v) is 7.25. The normalized spacial score (nSPS) is 22.8. The Morgan fingerprint density at radius 1 is 1.40 bits per heavy atom. The molecule has 0 bridgehead atoms. The van der Waals surface area contributed by atoms with Crippen LogP contribution < -0.4 is 0 Å². The van der Waals surface area contributed by atoms with Gasteiger partial charge in [-0.2, -0.15) is 11.8 Å². The van der Waals surface area contributed by atoms with Crippen molar-refractivity contribution in [3.05, 3.63) is 29.6 Å². The van der Waals surface area contributed by atoms with Crippen molar-refractivity contribution in [2.75, 3.05) is 5.75 Å². The summed E-state index contributed by atoms with van der Waals surface area (Å²) < 4.78 is 2.43. The molecule has 3 rings (SSSR count). The Kier molecular flexibility index (Phi) is 4.27. The topological polar surface area (TPSA) is 17.8 Å². The van der Waals surface area contributed by atoms with Crippen LogP contribution in [0.2, 0.25) is 0 Å². The van der Waals surface area contributed by atoms with Gasteiger partial charge in [0.1, 0.15) is 5.82 Å². The van der Waals surface area contributed by atoms with Crippen LogP contribution in [0.1, 0.15) is 43.6 Å². The van der Waals surface area contributed by atoms with E-state index in [2.05, 4.69) is 48.4 Å². The van der Waals surface area contributed by atoms with Crippen molar-refractivity contribution in [1.29, 1.82) is 0 Å². The molecule has 0 radical (unpaired) electrons. The summed E-state index contributed by atoms with van der Waals surface area (Å²) >= 11 is 8.25. The number of hydrogen-bond acceptors (Lipinski definition) is 2. The van der Waals surface area contributed by atoms with E-state index in [0.29, 0.717) is 17.2 Å². The number of nitrogens with zero attached hydrogens (tertiary/aromatic N) is 2. The van der Waals surface area contributed by atoms with Gasteiger partial charge in [0.15, 0.2) is 0 Å². The molecule has 1 aromatic carbocycles. The molecule has 1 aliphatic carbocycles. The number of fused-ring (bicyclic) bond motifs is 1. The predicted molar refractivity (Wildman–Crippen MR) is 88.8 cm³/mol. The van der Waals surface area contributed by atoms with Gasteiger partial charge in [-0.3, -0.25) is 0 Å². The maximum atomic E-state index is 6.17. The number of hydrogen-bond donors (Lipinski definition) is 0. The Morgan fingerprint density at radius 2 is 2.25 bits per heavy atom. The number of alkyl halides is 1. The molecule has 108 valence electrons. The highest BCUT2D eigenvalue weighted by molar-refractivity contribution is 7.99. The van der Waals surface area contributed by atoms with E-state index < -0.39 is 0 Å². The van der Waals surface area contributed by atoms with E-state index >= 15 is 0 Å². The number of para-hydroxylation sites is 1. The van der Waals surface area contributed by atoms with Crippen molar-refractivity contribution < 1.29 is 0 Å². The van der Waals surface area contributed by atoms with Crippen molar-refractivity contribution >= 4 is 34.4 Å². The number of thioether (sulfide) groups is 1. The third kappa shape index (κ3) is 2.35. The molecule has 1 aromatic heterocycles. The first-order chi connectivity index (χ1) is 9.76. The van der Waals surface area contributed by atoms with Crippen molar-refractivity contribution in [3.63, 3.8) is 0 Å². The van der Waals surface area contributed by atoms with E-state index in [9.17, 15) is 0 Å². The average Bonchev–Trinajstić information content (AvgIpc) is 3.03. The highest BCUT2D eigenvalue weighted by atomic mass is 35.5. The SMILES string of the molecule is CCSC1CCCC1n1c(CCl)nc2c(C)cccc21. The minimum Gasteiger partial charge on any atom is -0.323 e. The molecule has 2 aromatic rings. The summed E-state index contributed by atoms with van der Waals surface area (Å²) in [5.74, 6) is 2.71. The van der Waals surface area contributed by atoms with E-state index in [1.165, 1.54) is 36.1 Å². The number of aromatic nitrogens is 2. The summed E-state index contributed by atoms with van der Waals surface area (Å²) in [5, 5.41) is 0.708. The van der Waals surface area contributed by atoms with Crippen molar-refractivity contribution in [2.24, 2.45) is 0 Å². The summed E-state index contributed by atoms with van der Waals surface area (Å²) in [5.41, 5.74) is 3.62. The predicted octanol–water partition coefficient (Wildman–Crippen LogP) is 4.93. The van der Waals surface area contributed by atoms with Crippen LogP contribution in [-0.2, 0) is 5.88 Å². The second-order valence-electron chi connectivity index (χ2n) is 5.47. The van der Waals surface area contributed by atoms with E-state index in [4.69, 9.17) is 16.6 Å². The van der Waals surface area contributed by atoms with Crippen molar-refractivity contribution in [3.8, 4) is 0 Å². The largest absolute Gasteiger partial charge is 0.323 e. The summed E-state index contributed by atoms with van der Waals surface area (Å²) in [7, 11) is 0. The van der Waals surface area contributed by atoms with Gasteiger partial charge < -0.3 is 4.57 Å². The van der Waals surface area contributed by atoms with Gasteiger partial charge in [-0.25, -0.2) is 4.98 Å². The molecule has 1 saturated carbocycles. The van der Waals surface area contributed by atoms with Gasteiger partial charge in [0.25, 0.3) is 0 Å². The molecular weight excluding hydrogens is 288 g/mol. The fourth-order valence-corrected chi connectivity index (χ4v) is 4.81. The lowest BCUT2D eigenvalue weighted by molar-refractivity contribution is 0.527. The molecule has 2 nitrogen and oxygen atoms in total. The fraction of sp³-hybridized carbons (Fsp3) is 0.562. The quantitative estimate of drug-likeness (QED) is 0.745. The Hall–Kier alpha value is -0.670. The zero-order valence-corrected chi connectivity index (χ0v) is 13.7. The third-order valence-corrected chi connectivity index (χ3v) is 5.79. The second kappa shape index (κ2) is 5.98. The molecule has 1 heterocycles. The number of benzene rings is 1. The lowest BCUT2D eigenvalue weighted by atomic mass is 10.2. The molecule has 0 aliphatic heterocycles. The Morgan fingerprint density at radius 3 is 3.00 bits per heavy atom. The number of imidazole rings is 1. The highest BCUT2D eigenvalue weighted by Crippen LogP contribution is 2.41. The van der Waals surface area contributed by atoms with Gasteiger partial charge in [-0.1, -0.05) is 25.5 Å². The van der Waals surface area contributed by atoms with Crippen LogP contribution in [0.3, 0.4) is 0 Å². The van der Waals surface area contributed by atoms with Crippen molar-refractivity contribution in [1.82, 2.24) is 9.55 Å². The number of rotatable bonds is 4. The van der Waals surface area contributed by atoms with Crippen LogP contribution in [0.5, 0.6) is 0 Å². The van der Waals surface area contributed by atoms with Crippen LogP contribution >= 0.6 is 23.4 Å². The van der Waals surface area contributed by atoms with Crippen LogP contribution in [0.4, 0.5) is 0 Å². The summed E-state index contributed by atoms with van der Waals surface area (Å²) in [6, 6.07) is 7.01. The smallest absolute Gasteiger partial charge is 0.125 e. The summed E-state index contributed by atoms with van der Waals surface area (Å²) in [4.78, 5) is 4.79. The molecule has 0 N–H and O–H groups in total. The molecular formula is C16H21ClN2S. The summed E-state index contributed by atoms with van der Waals surface area (Å²) in [6.07, 6.45) is 3.88. The van der Waals surface area contributed by atoms with Crippen LogP contribution in [0.15, 0.2) is 18.2 Å². The van der Waals surface area contributed by atoms with E-state index in [1.807, 2.05) is 0 Å². The van der Waals surface area contributed by atoms with Crippen LogP contribution in [-0.4, -0.2) is 20.6 Å². The molecule has 1 aliphatic rings. The maximum Gasteiger partial charge on any atom is 0.125 e. The van der Waals surface area contributed by atoms with Crippen LogP contribution in [0.25, 0.3) is 11.0 Å². The van der Waals surface area contributed by atoms with Gasteiger partial charge in [-0.05, 0) is 37.1 Å². The Bertz CT molecular complexity index is 608. The third-order valence-electron chi connectivity index (χ3n) is 4.24. The van der Waals surface area contributed by atoms with Gasteiger partial charge >= 0.3 is 0 Å². The molecule has 1 fully saturated rings. The first kappa shape index (κ1) is 14.3. The van der Waals surface area contributed by atoms with Gasteiger partial charge in [0.2, 0.25) is 0 Å². The van der Waals surface area contributed by atoms with E-state index in [-0.39, 0.29) is 0 Å². The highest BCUT2D eigenvalue weighted by Gasteiger charge is 2.31. The molecule has 0 amide bonds. The minimum atomic E-state index is 0.494. The van der Waals surface area contributed by atoms with E-state index in [1.54, 1.807) is 0 Å². The molecule has 2 atom stereocenters. The lowest BCUT2D eigenvalue weighted by Gasteiger charge is -2.23. The molecule has 0 spiro atoms. The average molecular weight is 309 g/mol. The first-order valence-corrected chi connectivity index (χ1v) is 8.98. The van der Waals surface area contributed by atoms with E-state index in [0.717, 1.165) is 11.3 Å².